The van der Waals surface area contributed by atoms with Crippen LogP contribution in [0.3, 0.4) is 0 Å². The third kappa shape index (κ3) is 5.33. The van der Waals surface area contributed by atoms with Crippen molar-refractivity contribution >= 4 is 80.9 Å². The van der Waals surface area contributed by atoms with E-state index >= 15 is 0 Å². The van der Waals surface area contributed by atoms with Gasteiger partial charge in [-0.3, -0.25) is 0 Å². The second-order valence-corrected chi connectivity index (χ2v) is 19.8. The highest BCUT2D eigenvalue weighted by molar-refractivity contribution is 7.91. The minimum atomic E-state index is -3.85. The van der Waals surface area contributed by atoms with Gasteiger partial charge in [0.1, 0.15) is 0 Å². The van der Waals surface area contributed by atoms with E-state index in [2.05, 4.69) is 142 Å². The molecule has 0 aliphatic carbocycles. The summed E-state index contributed by atoms with van der Waals surface area (Å²) in [5.41, 5.74) is 11.7. The van der Waals surface area contributed by atoms with Gasteiger partial charge in [-0.15, -0.1) is 0 Å². The molecule has 316 valence electrons. The summed E-state index contributed by atoms with van der Waals surface area (Å²) in [4.78, 5) is 4.50. The van der Waals surface area contributed by atoms with Crippen molar-refractivity contribution in [1.29, 1.82) is 5.26 Å². The molecule has 13 rings (SSSR count). The number of hydrogen-bond acceptors (Lipinski definition) is 3. The van der Waals surface area contributed by atoms with Gasteiger partial charge in [0.15, 0.2) is 0 Å². The van der Waals surface area contributed by atoms with Crippen molar-refractivity contribution in [3.05, 3.63) is 216 Å². The zero-order valence-electron chi connectivity index (χ0n) is 36.4. The first-order chi connectivity index (χ1) is 32.7. The van der Waals surface area contributed by atoms with Crippen molar-refractivity contribution in [2.24, 2.45) is 0 Å². The number of hydrogen-bond donors (Lipinski definition) is 0. The zero-order chi connectivity index (χ0) is 45.3. The molecule has 0 saturated carbocycles. The maximum atomic E-state index is 14.6. The minimum Gasteiger partial charge on any atom is -0.309 e. The van der Waals surface area contributed by atoms with Gasteiger partial charge in [-0.05, 0) is 107 Å². The molecule has 7 nitrogen and oxygen atoms in total. The molecule has 1 aliphatic heterocycles. The van der Waals surface area contributed by atoms with E-state index in [-0.39, 0.29) is 5.69 Å². The van der Waals surface area contributed by atoms with E-state index in [4.69, 9.17) is 6.57 Å². The molecule has 0 fully saturated rings. The number of fused-ring (bicyclic) bond motifs is 11. The summed E-state index contributed by atoms with van der Waals surface area (Å²) in [6.07, 6.45) is 0. The van der Waals surface area contributed by atoms with Crippen molar-refractivity contribution in [1.82, 2.24) is 13.7 Å². The lowest BCUT2D eigenvalue weighted by molar-refractivity contribution is 0.555. The van der Waals surface area contributed by atoms with Crippen LogP contribution in [0.5, 0.6) is 0 Å². The van der Waals surface area contributed by atoms with Crippen LogP contribution in [0.4, 0.5) is 5.69 Å². The fourth-order valence-corrected chi connectivity index (χ4v) is 12.9. The first kappa shape index (κ1) is 38.7. The lowest BCUT2D eigenvalue weighted by Gasteiger charge is -2.35. The fraction of sp³-hybridized carbons (Fsp3) is 0.0508. The van der Waals surface area contributed by atoms with E-state index in [1.54, 1.807) is 12.1 Å². The van der Waals surface area contributed by atoms with E-state index in [9.17, 15) is 13.7 Å². The Bertz CT molecular complexity index is 4260. The van der Waals surface area contributed by atoms with Crippen LogP contribution in [0.25, 0.3) is 98.5 Å². The third-order valence-corrected chi connectivity index (χ3v) is 16.0. The van der Waals surface area contributed by atoms with E-state index in [0.717, 1.165) is 105 Å². The maximum Gasteiger partial charge on any atom is 0.207 e. The Morgan fingerprint density at radius 1 is 0.478 bits per heavy atom. The Labute approximate surface area is 386 Å². The third-order valence-electron chi connectivity index (χ3n) is 14.1. The van der Waals surface area contributed by atoms with Crippen molar-refractivity contribution in [2.75, 3.05) is 0 Å². The molecule has 67 heavy (non-hydrogen) atoms. The Balaban J connectivity index is 0.990. The molecular weight excluding hydrogens is 843 g/mol. The molecule has 0 atom stereocenters. The van der Waals surface area contributed by atoms with Gasteiger partial charge in [0.05, 0.1) is 72.5 Å². The van der Waals surface area contributed by atoms with Crippen LogP contribution in [0.2, 0.25) is 0 Å². The van der Waals surface area contributed by atoms with E-state index in [1.807, 2.05) is 72.8 Å². The quantitative estimate of drug-likeness (QED) is 0.165. The van der Waals surface area contributed by atoms with Gasteiger partial charge in [-0.25, -0.2) is 13.3 Å². The normalized spacial score (nSPS) is 13.9. The highest BCUT2D eigenvalue weighted by Crippen LogP contribution is 2.49. The van der Waals surface area contributed by atoms with Crippen molar-refractivity contribution in [2.45, 2.75) is 29.1 Å². The molecule has 8 heteroatoms. The average Bonchev–Trinajstić information content (AvgIpc) is 4.01. The highest BCUT2D eigenvalue weighted by atomic mass is 32.2. The summed E-state index contributed by atoms with van der Waals surface area (Å²) in [7, 11) is -3.85. The van der Waals surface area contributed by atoms with Gasteiger partial charge < -0.3 is 13.7 Å². The lowest BCUT2D eigenvalue weighted by atomic mass is 9.76. The smallest absolute Gasteiger partial charge is 0.207 e. The van der Waals surface area contributed by atoms with Crippen LogP contribution in [0.15, 0.2) is 198 Å². The van der Waals surface area contributed by atoms with Gasteiger partial charge in [0.2, 0.25) is 15.5 Å². The maximum absolute atomic E-state index is 14.6. The number of sulfone groups is 1. The molecule has 0 unspecified atom stereocenters. The number of nitriles is 1. The van der Waals surface area contributed by atoms with Crippen LogP contribution in [0, 0.1) is 17.9 Å². The molecule has 9 aromatic carbocycles. The predicted octanol–water partition coefficient (Wildman–Crippen LogP) is 14.5. The Hall–Kier alpha value is -8.69. The summed E-state index contributed by atoms with van der Waals surface area (Å²) in [5.74, 6) is 0. The van der Waals surface area contributed by atoms with E-state index in [0.29, 0.717) is 15.4 Å². The number of rotatable bonds is 4. The molecule has 0 N–H and O–H groups in total. The molecule has 3 aromatic heterocycles. The molecule has 1 aliphatic rings. The molecule has 0 spiro atoms. The lowest BCUT2D eigenvalue weighted by Crippen LogP contribution is -2.30. The first-order valence-corrected chi connectivity index (χ1v) is 23.7. The standard InChI is InChI=1S/C59H37N5O2S/c1-59(2)46-31-37(25-28-57(46)67(65,66)58-29-26-39(33-47(58)59)62-49-19-9-4-14-40(49)41-15-5-10-20-50(41)62)36-24-27-54-45(30-36)44-18-8-13-23-53(44)64(54)56-34-48(61-3)38(35-60)32-55(56)63-51-21-11-6-16-42(51)43-17-7-12-22-52(43)63/h4-34H,1-2H3. The molecular formula is C59H37N5O2S. The molecule has 0 amide bonds. The van der Waals surface area contributed by atoms with Crippen molar-refractivity contribution < 1.29 is 8.42 Å². The Morgan fingerprint density at radius 2 is 0.896 bits per heavy atom. The molecule has 0 bridgehead atoms. The van der Waals surface area contributed by atoms with Crippen LogP contribution in [-0.2, 0) is 15.3 Å². The van der Waals surface area contributed by atoms with Crippen LogP contribution in [0.1, 0.15) is 30.5 Å². The van der Waals surface area contributed by atoms with Crippen LogP contribution in [-0.4, -0.2) is 22.1 Å². The molecule has 0 radical (unpaired) electrons. The van der Waals surface area contributed by atoms with E-state index < -0.39 is 15.3 Å². The van der Waals surface area contributed by atoms with Gasteiger partial charge in [0.25, 0.3) is 0 Å². The summed E-state index contributed by atoms with van der Waals surface area (Å²) in [5, 5.41) is 16.9. The fourth-order valence-electron chi connectivity index (χ4n) is 11.0. The SMILES string of the molecule is [C-]#[N+]c1cc(-n2c3ccccc3c3cc(-c4ccc5c(c4)C(C)(C)c4cc(-n6c7ccccc7c7ccccc76)ccc4S5(=O)=O)ccc32)c(-n2c3ccccc3c3ccccc32)cc1C#N. The van der Waals surface area contributed by atoms with Gasteiger partial charge in [0, 0.05) is 43.4 Å². The number of benzene rings is 9. The van der Waals surface area contributed by atoms with Gasteiger partial charge in [-0.1, -0.05) is 117 Å². The average molecular weight is 880 g/mol. The largest absolute Gasteiger partial charge is 0.309 e. The molecule has 12 aromatic rings. The van der Waals surface area contributed by atoms with Crippen LogP contribution >= 0.6 is 0 Å². The van der Waals surface area contributed by atoms with Crippen LogP contribution < -0.4 is 0 Å². The van der Waals surface area contributed by atoms with E-state index in [1.165, 1.54) is 0 Å². The van der Waals surface area contributed by atoms with Crippen molar-refractivity contribution in [3.63, 3.8) is 0 Å². The monoisotopic (exact) mass is 879 g/mol. The Kier molecular flexibility index (Phi) is 8.04. The van der Waals surface area contributed by atoms with Gasteiger partial charge in [-0.2, -0.15) is 5.26 Å². The summed E-state index contributed by atoms with van der Waals surface area (Å²) in [6, 6.07) is 65.5. The summed E-state index contributed by atoms with van der Waals surface area (Å²) < 4.78 is 35.9. The number of nitrogens with zero attached hydrogens (tertiary/aromatic N) is 5. The predicted molar refractivity (Wildman–Crippen MR) is 270 cm³/mol. The molecule has 0 saturated heterocycles. The second-order valence-electron chi connectivity index (χ2n) is 17.9. The summed E-state index contributed by atoms with van der Waals surface area (Å²) in [6.45, 7) is 12.4. The second kappa shape index (κ2) is 13.9. The topological polar surface area (TPSA) is 77.1 Å². The molecule has 4 heterocycles. The number of para-hydroxylation sites is 5. The Morgan fingerprint density at radius 3 is 1.42 bits per heavy atom. The van der Waals surface area contributed by atoms with Gasteiger partial charge >= 0.3 is 0 Å². The highest BCUT2D eigenvalue weighted by Gasteiger charge is 2.41. The van der Waals surface area contributed by atoms with Crippen molar-refractivity contribution in [3.8, 4) is 34.3 Å². The minimum absolute atomic E-state index is 0.278. The number of aromatic nitrogens is 3. The first-order valence-electron chi connectivity index (χ1n) is 22.2. The summed E-state index contributed by atoms with van der Waals surface area (Å²) >= 11 is 0. The zero-order valence-corrected chi connectivity index (χ0v) is 37.2.